The van der Waals surface area contributed by atoms with Crippen LogP contribution in [0.15, 0.2) is 18.2 Å². The lowest BCUT2D eigenvalue weighted by atomic mass is 9.98. The van der Waals surface area contributed by atoms with E-state index in [0.717, 1.165) is 11.5 Å². The second kappa shape index (κ2) is 7.06. The zero-order valence-corrected chi connectivity index (χ0v) is 12.8. The van der Waals surface area contributed by atoms with Gasteiger partial charge in [-0.05, 0) is 43.8 Å². The Labute approximate surface area is 120 Å². The van der Waals surface area contributed by atoms with E-state index in [1.807, 2.05) is 19.2 Å². The summed E-state index contributed by atoms with van der Waals surface area (Å²) in [6.45, 7) is 0. The standard InChI is InChI=1S/C15H23NO2S/c1-16-15(14-6-4-5-9-19-14)12-10-11(17-2)7-8-13(12)18-3/h7-8,10,14-16H,4-6,9H2,1-3H3. The minimum atomic E-state index is 0.315. The first-order chi connectivity index (χ1) is 9.30. The summed E-state index contributed by atoms with van der Waals surface area (Å²) in [6.07, 6.45) is 3.92. The molecule has 3 nitrogen and oxygen atoms in total. The number of nitrogens with one attached hydrogen (secondary N) is 1. The van der Waals surface area contributed by atoms with Gasteiger partial charge >= 0.3 is 0 Å². The maximum atomic E-state index is 5.51. The molecule has 106 valence electrons. The molecule has 0 spiro atoms. The highest BCUT2D eigenvalue weighted by Gasteiger charge is 2.27. The number of thioether (sulfide) groups is 1. The third kappa shape index (κ3) is 3.37. The van der Waals surface area contributed by atoms with Crippen LogP contribution < -0.4 is 14.8 Å². The number of benzene rings is 1. The van der Waals surface area contributed by atoms with Crippen LogP contribution in [0.25, 0.3) is 0 Å². The fourth-order valence-corrected chi connectivity index (χ4v) is 4.13. The monoisotopic (exact) mass is 281 g/mol. The van der Waals surface area contributed by atoms with Crippen molar-refractivity contribution in [3.63, 3.8) is 0 Å². The Balaban J connectivity index is 2.29. The Morgan fingerprint density at radius 3 is 2.68 bits per heavy atom. The fraction of sp³-hybridized carbons (Fsp3) is 0.600. The lowest BCUT2D eigenvalue weighted by Gasteiger charge is -2.31. The van der Waals surface area contributed by atoms with Crippen LogP contribution in [0, 0.1) is 0 Å². The third-order valence-corrected chi connectivity index (χ3v) is 5.13. The average Bonchev–Trinajstić information content (AvgIpc) is 2.49. The number of methoxy groups -OCH3 is 2. The number of rotatable bonds is 5. The topological polar surface area (TPSA) is 30.5 Å². The molecular weight excluding hydrogens is 258 g/mol. The van der Waals surface area contributed by atoms with Crippen LogP contribution in [-0.4, -0.2) is 32.3 Å². The van der Waals surface area contributed by atoms with E-state index in [9.17, 15) is 0 Å². The van der Waals surface area contributed by atoms with Crippen LogP contribution >= 0.6 is 11.8 Å². The van der Waals surface area contributed by atoms with Crippen LogP contribution in [0.2, 0.25) is 0 Å². The van der Waals surface area contributed by atoms with Crippen molar-refractivity contribution >= 4 is 11.8 Å². The number of hydrogen-bond donors (Lipinski definition) is 1. The first kappa shape index (κ1) is 14.5. The van der Waals surface area contributed by atoms with Crippen molar-refractivity contribution in [2.75, 3.05) is 27.0 Å². The van der Waals surface area contributed by atoms with E-state index in [2.05, 4.69) is 23.1 Å². The molecule has 1 aromatic carbocycles. The average molecular weight is 281 g/mol. The molecule has 1 heterocycles. The van der Waals surface area contributed by atoms with Crippen LogP contribution in [0.3, 0.4) is 0 Å². The van der Waals surface area contributed by atoms with Gasteiger partial charge in [0.1, 0.15) is 11.5 Å². The predicted molar refractivity (Wildman–Crippen MR) is 81.4 cm³/mol. The van der Waals surface area contributed by atoms with Crippen molar-refractivity contribution < 1.29 is 9.47 Å². The molecule has 0 saturated carbocycles. The van der Waals surface area contributed by atoms with Gasteiger partial charge in [-0.2, -0.15) is 11.8 Å². The highest BCUT2D eigenvalue weighted by atomic mass is 32.2. The van der Waals surface area contributed by atoms with Gasteiger partial charge < -0.3 is 14.8 Å². The van der Waals surface area contributed by atoms with Gasteiger partial charge in [0.25, 0.3) is 0 Å². The molecule has 1 N–H and O–H groups in total. The van der Waals surface area contributed by atoms with Gasteiger partial charge in [-0.15, -0.1) is 0 Å². The van der Waals surface area contributed by atoms with E-state index in [0.29, 0.717) is 11.3 Å². The molecule has 1 aliphatic rings. The Morgan fingerprint density at radius 2 is 2.11 bits per heavy atom. The van der Waals surface area contributed by atoms with Crippen molar-refractivity contribution in [3.8, 4) is 11.5 Å². The van der Waals surface area contributed by atoms with Crippen LogP contribution in [-0.2, 0) is 0 Å². The summed E-state index contributed by atoms with van der Waals surface area (Å²) in [4.78, 5) is 0. The van der Waals surface area contributed by atoms with E-state index >= 15 is 0 Å². The van der Waals surface area contributed by atoms with Crippen LogP contribution in [0.5, 0.6) is 11.5 Å². The molecule has 0 bridgehead atoms. The summed E-state index contributed by atoms with van der Waals surface area (Å²) < 4.78 is 10.9. The number of ether oxygens (including phenoxy) is 2. The largest absolute Gasteiger partial charge is 0.497 e. The Kier molecular flexibility index (Phi) is 5.40. The van der Waals surface area contributed by atoms with Crippen LogP contribution in [0.1, 0.15) is 30.9 Å². The Morgan fingerprint density at radius 1 is 1.26 bits per heavy atom. The van der Waals surface area contributed by atoms with E-state index in [4.69, 9.17) is 9.47 Å². The summed E-state index contributed by atoms with van der Waals surface area (Å²) in [6, 6.07) is 6.35. The van der Waals surface area contributed by atoms with Crippen molar-refractivity contribution in [1.29, 1.82) is 0 Å². The molecule has 1 aliphatic heterocycles. The first-order valence-corrected chi connectivity index (χ1v) is 7.85. The van der Waals surface area contributed by atoms with E-state index in [1.165, 1.54) is 30.6 Å². The molecule has 2 unspecified atom stereocenters. The molecule has 2 atom stereocenters. The van der Waals surface area contributed by atoms with Gasteiger partial charge in [-0.3, -0.25) is 0 Å². The lowest BCUT2D eigenvalue weighted by Crippen LogP contribution is -2.29. The molecule has 0 aromatic heterocycles. The molecule has 0 aliphatic carbocycles. The quantitative estimate of drug-likeness (QED) is 0.897. The maximum Gasteiger partial charge on any atom is 0.123 e. The van der Waals surface area contributed by atoms with Gasteiger partial charge in [-0.1, -0.05) is 6.42 Å². The molecular formula is C15H23NO2S. The second-order valence-electron chi connectivity index (χ2n) is 4.78. The first-order valence-electron chi connectivity index (χ1n) is 6.81. The number of hydrogen-bond acceptors (Lipinski definition) is 4. The second-order valence-corrected chi connectivity index (χ2v) is 6.13. The molecule has 19 heavy (non-hydrogen) atoms. The minimum Gasteiger partial charge on any atom is -0.497 e. The van der Waals surface area contributed by atoms with E-state index < -0.39 is 0 Å². The lowest BCUT2D eigenvalue weighted by molar-refractivity contribution is 0.388. The molecule has 1 fully saturated rings. The Hall–Kier alpha value is -0.870. The van der Waals surface area contributed by atoms with E-state index in [1.54, 1.807) is 14.2 Å². The molecule has 0 radical (unpaired) electrons. The van der Waals surface area contributed by atoms with Crippen molar-refractivity contribution in [2.24, 2.45) is 0 Å². The normalized spacial score (nSPS) is 20.9. The van der Waals surface area contributed by atoms with Gasteiger partial charge in [-0.25, -0.2) is 0 Å². The molecule has 1 aromatic rings. The summed E-state index contributed by atoms with van der Waals surface area (Å²) in [5.74, 6) is 3.08. The van der Waals surface area contributed by atoms with E-state index in [-0.39, 0.29) is 0 Å². The molecule has 1 saturated heterocycles. The Bertz CT molecular complexity index is 405. The summed E-state index contributed by atoms with van der Waals surface area (Å²) >= 11 is 2.06. The van der Waals surface area contributed by atoms with Gasteiger partial charge in [0.05, 0.1) is 14.2 Å². The summed E-state index contributed by atoms with van der Waals surface area (Å²) in [7, 11) is 5.46. The summed E-state index contributed by atoms with van der Waals surface area (Å²) in [5, 5.41) is 4.07. The maximum absolute atomic E-state index is 5.51. The van der Waals surface area contributed by atoms with Crippen molar-refractivity contribution in [3.05, 3.63) is 23.8 Å². The summed E-state index contributed by atoms with van der Waals surface area (Å²) in [5.41, 5.74) is 1.20. The molecule has 2 rings (SSSR count). The zero-order chi connectivity index (χ0) is 13.7. The highest BCUT2D eigenvalue weighted by molar-refractivity contribution is 8.00. The van der Waals surface area contributed by atoms with Gasteiger partial charge in [0.15, 0.2) is 0 Å². The SMILES string of the molecule is CNC(c1cc(OC)ccc1OC)C1CCCCS1. The third-order valence-electron chi connectivity index (χ3n) is 3.67. The van der Waals surface area contributed by atoms with Gasteiger partial charge in [0.2, 0.25) is 0 Å². The minimum absolute atomic E-state index is 0.315. The van der Waals surface area contributed by atoms with Crippen LogP contribution in [0.4, 0.5) is 0 Å². The zero-order valence-electron chi connectivity index (χ0n) is 11.9. The highest BCUT2D eigenvalue weighted by Crippen LogP contribution is 2.39. The smallest absolute Gasteiger partial charge is 0.123 e. The fourth-order valence-electron chi connectivity index (χ4n) is 2.65. The predicted octanol–water partition coefficient (Wildman–Crippen LogP) is 3.25. The molecule has 0 amide bonds. The van der Waals surface area contributed by atoms with Crippen molar-refractivity contribution in [2.45, 2.75) is 30.6 Å². The molecule has 4 heteroatoms. The van der Waals surface area contributed by atoms with Gasteiger partial charge in [0, 0.05) is 16.9 Å². The van der Waals surface area contributed by atoms with Crippen molar-refractivity contribution in [1.82, 2.24) is 5.32 Å².